The number of nitrogens with zero attached hydrogens (tertiary/aromatic N) is 1. The van der Waals surface area contributed by atoms with E-state index in [1.54, 1.807) is 24.3 Å². The molecule has 88 valence electrons. The minimum Gasteiger partial charge on any atom is -0.388 e. The number of anilines is 1. The third-order valence-electron chi connectivity index (χ3n) is 2.26. The number of carbonyl (C=O) groups is 1. The summed E-state index contributed by atoms with van der Waals surface area (Å²) in [6.45, 7) is 1.89. The van der Waals surface area contributed by atoms with E-state index >= 15 is 0 Å². The van der Waals surface area contributed by atoms with Crippen molar-refractivity contribution in [2.45, 2.75) is 19.8 Å². The fourth-order valence-corrected chi connectivity index (χ4v) is 1.48. The summed E-state index contributed by atoms with van der Waals surface area (Å²) in [6.07, 6.45) is 1.10. The summed E-state index contributed by atoms with van der Waals surface area (Å²) in [4.78, 5) is 27.0. The third kappa shape index (κ3) is 2.50. The van der Waals surface area contributed by atoms with Crippen LogP contribution in [0.5, 0.6) is 0 Å². The number of amides is 1. The lowest BCUT2D eigenvalue weighted by molar-refractivity contribution is -0.116. The summed E-state index contributed by atoms with van der Waals surface area (Å²) >= 11 is 0. The highest BCUT2D eigenvalue weighted by atomic mass is 16.4. The summed E-state index contributed by atoms with van der Waals surface area (Å²) < 4.78 is 4.91. The van der Waals surface area contributed by atoms with Crippen molar-refractivity contribution >= 4 is 22.8 Å². The van der Waals surface area contributed by atoms with E-state index in [2.05, 4.69) is 10.3 Å². The normalized spacial score (nSPS) is 10.4. The zero-order valence-corrected chi connectivity index (χ0v) is 9.40. The number of benzene rings is 1. The van der Waals surface area contributed by atoms with Crippen LogP contribution < -0.4 is 10.9 Å². The Hall–Kier alpha value is -2.17. The molecule has 0 aliphatic carbocycles. The number of hydrogen-bond donors (Lipinski definition) is 1. The van der Waals surface area contributed by atoms with Crippen molar-refractivity contribution in [2.75, 3.05) is 5.32 Å². The molecule has 0 fully saturated rings. The monoisotopic (exact) mass is 232 g/mol. The molecule has 1 aromatic carbocycles. The van der Waals surface area contributed by atoms with Crippen molar-refractivity contribution in [2.24, 2.45) is 0 Å². The topological polar surface area (TPSA) is 72.2 Å². The zero-order chi connectivity index (χ0) is 12.3. The molecule has 0 radical (unpaired) electrons. The first-order valence-electron chi connectivity index (χ1n) is 5.40. The van der Waals surface area contributed by atoms with Crippen molar-refractivity contribution in [3.05, 3.63) is 34.7 Å². The van der Waals surface area contributed by atoms with Crippen LogP contribution in [0.25, 0.3) is 10.9 Å². The number of fused-ring (bicyclic) bond motifs is 1. The van der Waals surface area contributed by atoms with Crippen molar-refractivity contribution in [1.29, 1.82) is 0 Å². The van der Waals surface area contributed by atoms with Gasteiger partial charge in [-0.3, -0.25) is 10.1 Å². The van der Waals surface area contributed by atoms with E-state index in [9.17, 15) is 9.59 Å². The van der Waals surface area contributed by atoms with Crippen molar-refractivity contribution in [1.82, 2.24) is 4.98 Å². The maximum Gasteiger partial charge on any atom is 0.348 e. The Kier molecular flexibility index (Phi) is 3.18. The molecule has 0 aliphatic heterocycles. The molecule has 1 heterocycles. The fourth-order valence-electron chi connectivity index (χ4n) is 1.48. The van der Waals surface area contributed by atoms with Gasteiger partial charge < -0.3 is 4.42 Å². The summed E-state index contributed by atoms with van der Waals surface area (Å²) in [5.74, 6) is -0.210. The second-order valence-corrected chi connectivity index (χ2v) is 3.62. The molecule has 5 nitrogen and oxygen atoms in total. The Bertz CT molecular complexity index is 604. The van der Waals surface area contributed by atoms with Crippen molar-refractivity contribution in [3.63, 3.8) is 0 Å². The van der Waals surface area contributed by atoms with Gasteiger partial charge in [-0.1, -0.05) is 19.1 Å². The third-order valence-corrected chi connectivity index (χ3v) is 2.26. The van der Waals surface area contributed by atoms with Crippen LogP contribution in [0.2, 0.25) is 0 Å². The van der Waals surface area contributed by atoms with Gasteiger partial charge in [-0.15, -0.1) is 0 Å². The van der Waals surface area contributed by atoms with E-state index in [0.717, 1.165) is 6.42 Å². The smallest absolute Gasteiger partial charge is 0.348 e. The van der Waals surface area contributed by atoms with E-state index in [-0.39, 0.29) is 11.9 Å². The standard InChI is InChI=1S/C12H12N2O3/c1-2-5-10(15)14-12-13-9-7-4-3-6-8(9)11(16)17-12/h3-4,6-7H,2,5H2,1H3,(H,13,14,15). The molecule has 2 rings (SSSR count). The summed E-state index contributed by atoms with van der Waals surface area (Å²) in [5, 5.41) is 2.86. The molecular weight excluding hydrogens is 220 g/mol. The second kappa shape index (κ2) is 4.78. The molecule has 0 saturated carbocycles. The van der Waals surface area contributed by atoms with Gasteiger partial charge in [-0.2, -0.15) is 4.98 Å². The van der Waals surface area contributed by atoms with Gasteiger partial charge in [0.05, 0.1) is 10.9 Å². The van der Waals surface area contributed by atoms with Crippen LogP contribution in [0.1, 0.15) is 19.8 Å². The summed E-state index contributed by atoms with van der Waals surface area (Å²) in [6, 6.07) is 6.78. The maximum atomic E-state index is 11.6. The van der Waals surface area contributed by atoms with Gasteiger partial charge in [0.15, 0.2) is 0 Å². The SMILES string of the molecule is CCCC(=O)Nc1nc2ccccc2c(=O)o1. The molecule has 5 heteroatoms. The first-order valence-corrected chi connectivity index (χ1v) is 5.40. The first kappa shape index (κ1) is 11.3. The Morgan fingerprint density at radius 1 is 1.41 bits per heavy atom. The summed E-state index contributed by atoms with van der Waals surface area (Å²) in [5.41, 5.74) is 0.0120. The second-order valence-electron chi connectivity index (χ2n) is 3.62. The lowest BCUT2D eigenvalue weighted by Gasteiger charge is -2.02. The molecule has 1 aromatic heterocycles. The zero-order valence-electron chi connectivity index (χ0n) is 9.40. The highest BCUT2D eigenvalue weighted by Crippen LogP contribution is 2.10. The number of carbonyl (C=O) groups excluding carboxylic acids is 1. The van der Waals surface area contributed by atoms with E-state index in [1.807, 2.05) is 6.92 Å². The van der Waals surface area contributed by atoms with Crippen LogP contribution in [-0.2, 0) is 4.79 Å². The van der Waals surface area contributed by atoms with E-state index in [0.29, 0.717) is 17.3 Å². The van der Waals surface area contributed by atoms with Gasteiger partial charge in [0, 0.05) is 6.42 Å². The molecule has 0 spiro atoms. The van der Waals surface area contributed by atoms with Crippen LogP contribution in [0, 0.1) is 0 Å². The number of hydrogen-bond acceptors (Lipinski definition) is 4. The predicted octanol–water partition coefficient (Wildman–Crippen LogP) is 1.93. The number of rotatable bonds is 3. The highest BCUT2D eigenvalue weighted by molar-refractivity contribution is 5.89. The number of nitrogens with one attached hydrogen (secondary N) is 1. The van der Waals surface area contributed by atoms with Crippen molar-refractivity contribution in [3.8, 4) is 0 Å². The van der Waals surface area contributed by atoms with Crippen LogP contribution in [-0.4, -0.2) is 10.9 Å². The molecule has 17 heavy (non-hydrogen) atoms. The van der Waals surface area contributed by atoms with Gasteiger partial charge >= 0.3 is 11.6 Å². The molecule has 0 saturated heterocycles. The Morgan fingerprint density at radius 2 is 2.18 bits per heavy atom. The highest BCUT2D eigenvalue weighted by Gasteiger charge is 2.08. The van der Waals surface area contributed by atoms with Gasteiger partial charge in [-0.05, 0) is 18.6 Å². The minimum atomic E-state index is -0.498. The van der Waals surface area contributed by atoms with Crippen LogP contribution >= 0.6 is 0 Å². The molecule has 0 unspecified atom stereocenters. The van der Waals surface area contributed by atoms with Gasteiger partial charge in [0.25, 0.3) is 0 Å². The molecule has 0 atom stereocenters. The predicted molar refractivity (Wildman–Crippen MR) is 63.8 cm³/mol. The maximum absolute atomic E-state index is 11.6. The molecule has 0 bridgehead atoms. The molecule has 1 amide bonds. The van der Waals surface area contributed by atoms with E-state index in [4.69, 9.17) is 4.42 Å². The first-order chi connectivity index (χ1) is 8.20. The Labute approximate surface area is 97.5 Å². The average molecular weight is 232 g/mol. The Balaban J connectivity index is 2.37. The number of para-hydroxylation sites is 1. The molecule has 0 aliphatic rings. The Morgan fingerprint density at radius 3 is 2.94 bits per heavy atom. The van der Waals surface area contributed by atoms with Crippen molar-refractivity contribution < 1.29 is 9.21 Å². The van der Waals surface area contributed by atoms with E-state index < -0.39 is 5.63 Å². The fraction of sp³-hybridized carbons (Fsp3) is 0.250. The van der Waals surface area contributed by atoms with Gasteiger partial charge in [0.1, 0.15) is 0 Å². The largest absolute Gasteiger partial charge is 0.388 e. The molecular formula is C12H12N2O3. The lowest BCUT2D eigenvalue weighted by Crippen LogP contribution is -2.14. The quantitative estimate of drug-likeness (QED) is 0.877. The molecule has 2 aromatic rings. The lowest BCUT2D eigenvalue weighted by atomic mass is 10.2. The van der Waals surface area contributed by atoms with Crippen LogP contribution in [0.3, 0.4) is 0 Å². The number of aromatic nitrogens is 1. The van der Waals surface area contributed by atoms with Crippen LogP contribution in [0.15, 0.2) is 33.5 Å². The summed E-state index contributed by atoms with van der Waals surface area (Å²) in [7, 11) is 0. The minimum absolute atomic E-state index is 0.0489. The molecule has 1 N–H and O–H groups in total. The van der Waals surface area contributed by atoms with Gasteiger partial charge in [0.2, 0.25) is 5.91 Å². The average Bonchev–Trinajstić information content (AvgIpc) is 2.29. The van der Waals surface area contributed by atoms with Crippen LogP contribution in [0.4, 0.5) is 6.01 Å². The van der Waals surface area contributed by atoms with E-state index in [1.165, 1.54) is 0 Å². The van der Waals surface area contributed by atoms with Gasteiger partial charge in [-0.25, -0.2) is 4.79 Å².